The molecule has 0 spiro atoms. The molecular weight excluding hydrogens is 1140 g/mol. The highest BCUT2D eigenvalue weighted by Gasteiger charge is 2.10. The predicted molar refractivity (Wildman–Crippen MR) is 392 cm³/mol. The summed E-state index contributed by atoms with van der Waals surface area (Å²) in [6, 6.07) is 56.7. The van der Waals surface area contributed by atoms with Crippen molar-refractivity contribution in [1.82, 2.24) is 45.4 Å². The molecular formula is C72H104N20. The number of aromatic nitrogens is 6. The van der Waals surface area contributed by atoms with Gasteiger partial charge in [0.1, 0.15) is 5.82 Å². The van der Waals surface area contributed by atoms with E-state index in [1.807, 2.05) is 244 Å². The number of guanidine groups is 4. The van der Waals surface area contributed by atoms with Gasteiger partial charge in [-0.3, -0.25) is 21.6 Å². The van der Waals surface area contributed by atoms with Crippen LogP contribution in [0.1, 0.15) is 105 Å². The highest BCUT2D eigenvalue weighted by molar-refractivity contribution is 6.03. The number of hydrogen-bond donors (Lipinski definition) is 14. The first kappa shape index (κ1) is 59.0. The van der Waals surface area contributed by atoms with E-state index >= 15 is 0 Å². The van der Waals surface area contributed by atoms with E-state index < -0.39 is 0 Å². The Kier molecular flexibility index (Phi) is 32.9. The van der Waals surface area contributed by atoms with E-state index in [9.17, 15) is 0 Å². The summed E-state index contributed by atoms with van der Waals surface area (Å²) in [5, 5.41) is 27.5. The molecule has 0 bridgehead atoms. The quantitative estimate of drug-likeness (QED) is 0.0338. The molecule has 3 heterocycles. The Hall–Kier alpha value is -10.6. The smallest absolute Gasteiger partial charge is 0.200 e. The van der Waals surface area contributed by atoms with Gasteiger partial charge in [0.05, 0.1) is 18.3 Å². The number of H-pyrrole nitrogens is 3. The molecule has 14 N–H and O–H groups in total. The Balaban J connectivity index is 0.000000603. The van der Waals surface area contributed by atoms with Crippen LogP contribution >= 0.6 is 0 Å². The lowest BCUT2D eigenvalue weighted by Crippen LogP contribution is -2.38. The SMILES string of the molecule is [2H]N=C(C)CC.[2H]N=C(CC)c1ccccc1.[2H]N=C(N(C)CC)N([2H])c1ccccc1.[2H]N=C(N([2H])C)N(CC)c1ccccc1.[2H]N=C(N([2H])c1ccccc1)N(CC)c1ccccc1.[2H]N=C(NCC)N([2H])c1ccccc1.[2H]n1ccnc1CC.[2H]n1cnc(CC)c1.[2H]n1cncc1CC. The van der Waals surface area contributed by atoms with Crippen LogP contribution in [0.15, 0.2) is 219 Å². The van der Waals surface area contributed by atoms with Gasteiger partial charge in [-0.15, -0.1) is 0 Å². The van der Waals surface area contributed by atoms with Crippen LogP contribution < -0.4 is 36.4 Å². The Morgan fingerprint density at radius 3 is 1.36 bits per heavy atom. The van der Waals surface area contributed by atoms with E-state index in [2.05, 4.69) is 52.7 Å². The first-order valence-electron chi connectivity index (χ1n) is 36.5. The van der Waals surface area contributed by atoms with Crippen LogP contribution in [0.4, 0.5) is 28.4 Å². The van der Waals surface area contributed by atoms with Gasteiger partial charge in [0.15, 0.2) is 42.2 Å². The normalized spacial score (nSPS) is 12.7. The molecule has 0 aliphatic heterocycles. The molecule has 3 aromatic heterocycles. The van der Waals surface area contributed by atoms with Crippen molar-refractivity contribution in [3.05, 3.63) is 242 Å². The number of para-hydroxylation sites is 5. The van der Waals surface area contributed by atoms with Gasteiger partial charge in [0.2, 0.25) is 0 Å². The zero-order valence-electron chi connectivity index (χ0n) is 68.6. The first-order chi connectivity index (χ1) is 50.7. The average molecular weight is 1260 g/mol. The van der Waals surface area contributed by atoms with Crippen LogP contribution in [0.3, 0.4) is 0 Å². The molecule has 0 saturated heterocycles. The molecule has 0 unspecified atom stereocenters. The zero-order valence-corrected chi connectivity index (χ0v) is 55.6. The maximum absolute atomic E-state index is 8.19. The predicted octanol–water partition coefficient (Wildman–Crippen LogP) is 15.7. The molecule has 0 atom stereocenters. The van der Waals surface area contributed by atoms with E-state index in [0.29, 0.717) is 55.2 Å². The van der Waals surface area contributed by atoms with Crippen LogP contribution in [0.25, 0.3) is 0 Å². The Morgan fingerprint density at radius 2 is 1.04 bits per heavy atom. The van der Waals surface area contributed by atoms with Crippen molar-refractivity contribution in [1.29, 1.82) is 32.4 Å². The Morgan fingerprint density at radius 1 is 0.533 bits per heavy atom. The average Bonchev–Trinajstić information content (AvgIpc) is 1.44. The van der Waals surface area contributed by atoms with E-state index in [4.69, 9.17) is 18.4 Å². The van der Waals surface area contributed by atoms with Gasteiger partial charge in [0.25, 0.3) is 0 Å². The third-order valence-corrected chi connectivity index (χ3v) is 12.1. The van der Waals surface area contributed by atoms with E-state index in [1.54, 1.807) is 60.8 Å². The Labute approximate surface area is 567 Å². The molecule has 0 aliphatic carbocycles. The fourth-order valence-electron chi connectivity index (χ4n) is 6.74. The number of nitrogens with zero attached hydrogens (tertiary/aromatic N) is 6. The largest absolute Gasteiger partial charge is 0.359 e. The summed E-state index contributed by atoms with van der Waals surface area (Å²) in [7, 11) is 3.36. The number of nitrogens with one attached hydrogen (secondary N) is 14. The van der Waals surface area contributed by atoms with Crippen molar-refractivity contribution in [2.45, 2.75) is 101 Å². The second-order valence-electron chi connectivity index (χ2n) is 18.8. The van der Waals surface area contributed by atoms with Gasteiger partial charge in [0, 0.05) is 117 Å². The molecule has 0 aliphatic rings. The standard InChI is InChI=1S/C15H17N3.2C10H15N3.C9H13N3.C9H11N.3C5H8N2.C4H9N/c1-2-18(14-11-7-4-8-12-14)15(16)17-13-9-5-3-6-10-13;1-3-13(2)10(11)12-9-7-5-4-6-8-9;1-3-13(10(11)12-2)9-7-5-4-6-8-9;1-2-11-9(10)12-8-6-4-3-5-7-8;1-2-9(10)8-6-4-3-5-7-8;2*1-2-5-3-6-4-7-5;1-2-5-6-3-4-7-5;1-3-4(2)5/h3-12H,2H2,1H3,(H2,16,17);2*4-8H,3H2,1-2H3,(H2,11,12);3-7H,2H2,1H3,(H3,10,11,12);3-7,10H,2H2,1H3;3*3-4H,2H2,1H3,(H,6,7);5H,3H2,1-2H3/i/hD13. The number of imidazole rings is 3. The zero-order chi connectivity index (χ0) is 78.3. The van der Waals surface area contributed by atoms with Crippen LogP contribution in [0.5, 0.6) is 0 Å². The van der Waals surface area contributed by atoms with Crippen molar-refractivity contribution in [2.75, 3.05) is 66.0 Å². The molecule has 0 saturated carbocycles. The minimum atomic E-state index is 0.221. The summed E-state index contributed by atoms with van der Waals surface area (Å²) in [6.45, 7) is 22.2. The summed E-state index contributed by atoms with van der Waals surface area (Å²) in [5.74, 6) is 1.92. The summed E-state index contributed by atoms with van der Waals surface area (Å²) in [5.41, 5.74) is 8.59. The minimum absolute atomic E-state index is 0.221. The second kappa shape index (κ2) is 51.3. The number of rotatable bonds is 15. The Bertz CT molecular complexity index is 3790. The molecule has 6 aromatic carbocycles. The van der Waals surface area contributed by atoms with E-state index in [1.165, 1.54) is 32.9 Å². The summed E-state index contributed by atoms with van der Waals surface area (Å²) in [4.78, 5) is 20.7. The van der Waals surface area contributed by atoms with Crippen LogP contribution in [0, 0.1) is 32.4 Å². The topological polar surface area (TPSA) is 299 Å². The molecule has 0 radical (unpaired) electrons. The van der Waals surface area contributed by atoms with Crippen LogP contribution in [-0.4, -0.2) is 110 Å². The van der Waals surface area contributed by atoms with E-state index in [-0.39, 0.29) is 11.9 Å². The molecule has 20 nitrogen and oxygen atoms in total. The van der Waals surface area contributed by atoms with Gasteiger partial charge in [-0.1, -0.05) is 156 Å². The lowest BCUT2D eigenvalue weighted by Gasteiger charge is -2.24. The van der Waals surface area contributed by atoms with Crippen molar-refractivity contribution < 1.29 is 18.4 Å². The van der Waals surface area contributed by atoms with Crippen molar-refractivity contribution in [3.8, 4) is 0 Å². The summed E-state index contributed by atoms with van der Waals surface area (Å²) >= 11 is 0. The van der Waals surface area contributed by atoms with Crippen molar-refractivity contribution in [2.24, 2.45) is 0 Å². The lowest BCUT2D eigenvalue weighted by molar-refractivity contribution is 0.530. The number of anilines is 5. The third-order valence-electron chi connectivity index (χ3n) is 12.1. The van der Waals surface area contributed by atoms with Gasteiger partial charge in [-0.05, 0) is 127 Å². The van der Waals surface area contributed by atoms with Crippen molar-refractivity contribution in [3.63, 3.8) is 0 Å². The highest BCUT2D eigenvalue weighted by atomic mass is 15.3. The number of benzene rings is 6. The second-order valence-corrected chi connectivity index (χ2v) is 18.8. The first-order valence-corrected chi connectivity index (χ1v) is 30.7. The monoisotopic (exact) mass is 1260 g/mol. The van der Waals surface area contributed by atoms with Gasteiger partial charge in [-0.25, -0.2) is 15.0 Å². The van der Waals surface area contributed by atoms with Crippen LogP contribution in [0.2, 0.25) is 18.4 Å². The maximum atomic E-state index is 8.19. The summed E-state index contributed by atoms with van der Waals surface area (Å²) < 4.78 is 94.1. The molecule has 9 aromatic rings. The third kappa shape index (κ3) is 36.6. The number of aryl methyl sites for hydroxylation is 3. The fourth-order valence-corrected chi connectivity index (χ4v) is 6.74. The lowest BCUT2D eigenvalue weighted by atomic mass is 10.1. The number of aromatic amines is 3. The number of hydrogen-bond acceptors (Lipinski definition) is 9. The fraction of sp³-hybridized carbons (Fsp3) is 0.292. The molecule has 92 heavy (non-hydrogen) atoms. The summed E-state index contributed by atoms with van der Waals surface area (Å²) in [6.07, 6.45) is 13.9. The molecule has 9 rings (SSSR count). The molecule has 0 amide bonds. The molecule has 20 heteroatoms. The van der Waals surface area contributed by atoms with Gasteiger partial charge in [-0.2, -0.15) is 0 Å². The van der Waals surface area contributed by atoms with Gasteiger partial charge < -0.3 is 67.0 Å². The maximum Gasteiger partial charge on any atom is 0.200 e. The van der Waals surface area contributed by atoms with Gasteiger partial charge >= 0.3 is 0 Å². The molecule has 0 fully saturated rings. The molecule has 492 valence electrons. The van der Waals surface area contributed by atoms with Crippen LogP contribution in [-0.2, 0) is 19.3 Å². The van der Waals surface area contributed by atoms with E-state index in [0.717, 1.165) is 93.6 Å². The minimum Gasteiger partial charge on any atom is -0.359 e. The van der Waals surface area contributed by atoms with Crippen molar-refractivity contribution >= 4 is 63.7 Å². The highest BCUT2D eigenvalue weighted by Crippen LogP contribution is 2.16.